The molecule has 142 valence electrons. The number of nitro benzene ring substituents is 1. The van der Waals surface area contributed by atoms with E-state index in [-0.39, 0.29) is 28.4 Å². The number of carboxylic acid groups (broad SMARTS) is 1. The van der Waals surface area contributed by atoms with E-state index in [1.807, 2.05) is 0 Å². The first-order chi connectivity index (χ1) is 13.3. The van der Waals surface area contributed by atoms with Crippen molar-refractivity contribution in [3.63, 3.8) is 0 Å². The van der Waals surface area contributed by atoms with E-state index < -0.39 is 16.8 Å². The number of nitrogens with zero attached hydrogens (tertiary/aromatic N) is 4. The van der Waals surface area contributed by atoms with E-state index in [1.165, 1.54) is 36.3 Å². The van der Waals surface area contributed by atoms with Gasteiger partial charge in [0.05, 0.1) is 22.9 Å². The summed E-state index contributed by atoms with van der Waals surface area (Å²) in [5, 5.41) is 26.6. The molecule has 2 N–H and O–H groups in total. The van der Waals surface area contributed by atoms with Crippen LogP contribution in [0.15, 0.2) is 48.9 Å². The van der Waals surface area contributed by atoms with Crippen molar-refractivity contribution < 1.29 is 24.4 Å². The van der Waals surface area contributed by atoms with Gasteiger partial charge in [0.1, 0.15) is 17.1 Å². The van der Waals surface area contributed by atoms with Gasteiger partial charge in [-0.25, -0.2) is 4.79 Å². The van der Waals surface area contributed by atoms with E-state index in [4.69, 9.17) is 4.74 Å². The van der Waals surface area contributed by atoms with Crippen molar-refractivity contribution in [3.05, 3.63) is 70.3 Å². The number of non-ortho nitro benzene ring substituents is 1. The number of nitro groups is 1. The highest BCUT2D eigenvalue weighted by Crippen LogP contribution is 2.29. The van der Waals surface area contributed by atoms with Crippen molar-refractivity contribution in [2.75, 3.05) is 5.32 Å². The summed E-state index contributed by atoms with van der Waals surface area (Å²) in [4.78, 5) is 38.1. The zero-order valence-corrected chi connectivity index (χ0v) is 14.4. The van der Waals surface area contributed by atoms with Crippen LogP contribution in [0, 0.1) is 10.1 Å². The highest BCUT2D eigenvalue weighted by molar-refractivity contribution is 6.09. The van der Waals surface area contributed by atoms with Crippen LogP contribution >= 0.6 is 0 Å². The van der Waals surface area contributed by atoms with Gasteiger partial charge in [0.15, 0.2) is 5.69 Å². The molecule has 1 aromatic carbocycles. The summed E-state index contributed by atoms with van der Waals surface area (Å²) in [5.74, 6) is -1.71. The fourth-order valence-corrected chi connectivity index (χ4v) is 2.37. The first-order valence-electron chi connectivity index (χ1n) is 7.79. The third-order valence-corrected chi connectivity index (χ3v) is 3.50. The van der Waals surface area contributed by atoms with Crippen LogP contribution in [-0.2, 0) is 7.05 Å². The normalized spacial score (nSPS) is 10.3. The van der Waals surface area contributed by atoms with Gasteiger partial charge < -0.3 is 15.2 Å². The van der Waals surface area contributed by atoms with Gasteiger partial charge in [0.25, 0.3) is 11.6 Å². The van der Waals surface area contributed by atoms with E-state index >= 15 is 0 Å². The van der Waals surface area contributed by atoms with Crippen LogP contribution in [0.2, 0.25) is 0 Å². The minimum absolute atomic E-state index is 0.0417. The summed E-state index contributed by atoms with van der Waals surface area (Å²) in [5.41, 5.74) is -0.898. The second-order valence-corrected chi connectivity index (χ2v) is 5.59. The smallest absolute Gasteiger partial charge is 0.339 e. The maximum Gasteiger partial charge on any atom is 0.339 e. The largest absolute Gasteiger partial charge is 0.478 e. The Morgan fingerprint density at radius 3 is 2.71 bits per heavy atom. The Morgan fingerprint density at radius 1 is 1.29 bits per heavy atom. The lowest BCUT2D eigenvalue weighted by Crippen LogP contribution is -2.16. The number of carbonyl (C=O) groups is 2. The van der Waals surface area contributed by atoms with Crippen molar-refractivity contribution in [2.45, 2.75) is 0 Å². The predicted molar refractivity (Wildman–Crippen MR) is 95.5 cm³/mol. The molecule has 0 atom stereocenters. The van der Waals surface area contributed by atoms with Gasteiger partial charge in [-0.2, -0.15) is 5.10 Å². The van der Waals surface area contributed by atoms with E-state index in [9.17, 15) is 24.8 Å². The number of hydrogen-bond acceptors (Lipinski definition) is 7. The molecular formula is C17H13N5O6. The molecule has 1 amide bonds. The number of rotatable bonds is 6. The van der Waals surface area contributed by atoms with Crippen LogP contribution in [-0.4, -0.2) is 36.7 Å². The first kappa shape index (κ1) is 18.5. The van der Waals surface area contributed by atoms with Crippen LogP contribution in [0.5, 0.6) is 11.5 Å². The molecule has 11 nitrogen and oxygen atoms in total. The summed E-state index contributed by atoms with van der Waals surface area (Å²) < 4.78 is 6.71. The summed E-state index contributed by atoms with van der Waals surface area (Å²) in [6.45, 7) is 0. The van der Waals surface area contributed by atoms with Gasteiger partial charge in [-0.15, -0.1) is 0 Å². The molecule has 0 unspecified atom stereocenters. The van der Waals surface area contributed by atoms with Crippen LogP contribution in [0.25, 0.3) is 0 Å². The standard InChI is InChI=1S/C17H13N5O6/c1-21-9-14(17(24)25)15(20-21)16(23)19-10-5-11(22(26)27)7-13(6-10)28-12-3-2-4-18-8-12/h2-9H,1H3,(H,19,23)(H,24,25). The number of carbonyl (C=O) groups excluding carboxylic acids is 1. The molecule has 0 aliphatic carbocycles. The molecule has 11 heteroatoms. The highest BCUT2D eigenvalue weighted by Gasteiger charge is 2.22. The molecule has 0 aliphatic rings. The molecule has 0 aliphatic heterocycles. The zero-order valence-electron chi connectivity index (χ0n) is 14.4. The Labute approximate surface area is 157 Å². The number of nitrogens with one attached hydrogen (secondary N) is 1. The maximum absolute atomic E-state index is 12.4. The van der Waals surface area contributed by atoms with Crippen LogP contribution < -0.4 is 10.1 Å². The third-order valence-electron chi connectivity index (χ3n) is 3.50. The Kier molecular flexibility index (Phi) is 4.98. The molecule has 2 aromatic heterocycles. The number of aromatic nitrogens is 3. The molecule has 0 saturated carbocycles. The zero-order chi connectivity index (χ0) is 20.3. The van der Waals surface area contributed by atoms with Crippen LogP contribution in [0.3, 0.4) is 0 Å². The number of aryl methyl sites for hydroxylation is 1. The molecule has 0 radical (unpaired) electrons. The lowest BCUT2D eigenvalue weighted by molar-refractivity contribution is -0.384. The summed E-state index contributed by atoms with van der Waals surface area (Å²) in [6.07, 6.45) is 4.14. The highest BCUT2D eigenvalue weighted by atomic mass is 16.6. The Balaban J connectivity index is 1.92. The average molecular weight is 383 g/mol. The van der Waals surface area contributed by atoms with Crippen molar-refractivity contribution in [1.29, 1.82) is 0 Å². The van der Waals surface area contributed by atoms with Crippen molar-refractivity contribution >= 4 is 23.3 Å². The molecule has 3 aromatic rings. The summed E-state index contributed by atoms with van der Waals surface area (Å²) >= 11 is 0. The Morgan fingerprint density at radius 2 is 2.07 bits per heavy atom. The third kappa shape index (κ3) is 4.09. The van der Waals surface area contributed by atoms with Crippen molar-refractivity contribution in [1.82, 2.24) is 14.8 Å². The quantitative estimate of drug-likeness (QED) is 0.487. The van der Waals surface area contributed by atoms with E-state index in [2.05, 4.69) is 15.4 Å². The topological polar surface area (TPSA) is 149 Å². The molecule has 0 spiro atoms. The number of ether oxygens (including phenoxy) is 1. The monoisotopic (exact) mass is 383 g/mol. The first-order valence-corrected chi connectivity index (χ1v) is 7.79. The van der Waals surface area contributed by atoms with Gasteiger partial charge in [-0.1, -0.05) is 0 Å². The van der Waals surface area contributed by atoms with Gasteiger partial charge in [0.2, 0.25) is 0 Å². The van der Waals surface area contributed by atoms with Crippen LogP contribution in [0.4, 0.5) is 11.4 Å². The summed E-state index contributed by atoms with van der Waals surface area (Å²) in [7, 11) is 1.47. The number of aromatic carboxylic acids is 1. The molecule has 0 fully saturated rings. The molecule has 3 rings (SSSR count). The number of anilines is 1. The Bertz CT molecular complexity index is 1060. The summed E-state index contributed by atoms with van der Waals surface area (Å²) in [6, 6.07) is 6.91. The number of hydrogen-bond donors (Lipinski definition) is 2. The molecule has 2 heterocycles. The molecule has 28 heavy (non-hydrogen) atoms. The van der Waals surface area contributed by atoms with Crippen LogP contribution in [0.1, 0.15) is 20.8 Å². The lowest BCUT2D eigenvalue weighted by Gasteiger charge is -2.09. The van der Waals surface area contributed by atoms with Gasteiger partial charge in [-0.3, -0.25) is 24.6 Å². The second-order valence-electron chi connectivity index (χ2n) is 5.59. The molecular weight excluding hydrogens is 370 g/mol. The minimum Gasteiger partial charge on any atom is -0.478 e. The van der Waals surface area contributed by atoms with Crippen molar-refractivity contribution in [3.8, 4) is 11.5 Å². The van der Waals surface area contributed by atoms with Gasteiger partial charge in [0, 0.05) is 31.6 Å². The second kappa shape index (κ2) is 7.53. The van der Waals surface area contributed by atoms with E-state index in [0.717, 1.165) is 6.07 Å². The minimum atomic E-state index is -1.32. The molecule has 0 saturated heterocycles. The van der Waals surface area contributed by atoms with Crippen molar-refractivity contribution in [2.24, 2.45) is 7.05 Å². The fraction of sp³-hybridized carbons (Fsp3) is 0.0588. The van der Waals surface area contributed by atoms with Gasteiger partial charge in [-0.05, 0) is 12.1 Å². The number of carboxylic acids is 1. The lowest BCUT2D eigenvalue weighted by atomic mass is 10.2. The molecule has 0 bridgehead atoms. The van der Waals surface area contributed by atoms with E-state index in [1.54, 1.807) is 18.3 Å². The predicted octanol–water partition coefficient (Wildman–Crippen LogP) is 2.47. The maximum atomic E-state index is 12.4. The number of benzene rings is 1. The van der Waals surface area contributed by atoms with Gasteiger partial charge >= 0.3 is 5.97 Å². The van der Waals surface area contributed by atoms with E-state index in [0.29, 0.717) is 5.75 Å². The number of pyridine rings is 1. The Hall–Kier alpha value is -4.28. The SMILES string of the molecule is Cn1cc(C(=O)O)c(C(=O)Nc2cc(Oc3cccnc3)cc([N+](=O)[O-])c2)n1. The fourth-order valence-electron chi connectivity index (χ4n) is 2.37. The average Bonchev–Trinajstić information content (AvgIpc) is 3.04. The number of amides is 1.